The minimum atomic E-state index is -0.563. The summed E-state index contributed by atoms with van der Waals surface area (Å²) in [5, 5.41) is 10.6. The molecule has 1 amide bonds. The molecule has 1 aromatic rings. The van der Waals surface area contributed by atoms with E-state index in [4.69, 9.17) is 11.6 Å². The lowest BCUT2D eigenvalue weighted by atomic mass is 10.2. The standard InChI is InChI=1S/C11H11ClN2O3/c12-9-7-8(3-4-10(9)14(16)17)11(15)13-5-1-2-6-13/h3-4,7H,1-2,5-6H2. The van der Waals surface area contributed by atoms with Gasteiger partial charge in [-0.25, -0.2) is 0 Å². The van der Waals surface area contributed by atoms with Crippen LogP contribution in [0.5, 0.6) is 0 Å². The summed E-state index contributed by atoms with van der Waals surface area (Å²) in [7, 11) is 0. The second-order valence-electron chi connectivity index (χ2n) is 3.92. The second-order valence-corrected chi connectivity index (χ2v) is 4.33. The normalized spacial score (nSPS) is 15.0. The smallest absolute Gasteiger partial charge is 0.287 e. The SMILES string of the molecule is O=C(c1ccc([N+](=O)[O-])c(Cl)c1)N1CCCC1. The Kier molecular flexibility index (Phi) is 3.28. The minimum Gasteiger partial charge on any atom is -0.339 e. The Hall–Kier alpha value is -1.62. The van der Waals surface area contributed by atoms with E-state index in [0.29, 0.717) is 5.56 Å². The van der Waals surface area contributed by atoms with Gasteiger partial charge in [0.1, 0.15) is 5.02 Å². The van der Waals surface area contributed by atoms with Crippen LogP contribution in [-0.4, -0.2) is 28.8 Å². The molecule has 1 fully saturated rings. The molecule has 17 heavy (non-hydrogen) atoms. The minimum absolute atomic E-state index is 0.0000435. The molecule has 0 atom stereocenters. The molecule has 0 saturated carbocycles. The van der Waals surface area contributed by atoms with Gasteiger partial charge >= 0.3 is 0 Å². The van der Waals surface area contributed by atoms with Gasteiger partial charge in [-0.15, -0.1) is 0 Å². The average Bonchev–Trinajstić information content (AvgIpc) is 2.80. The van der Waals surface area contributed by atoms with Crippen molar-refractivity contribution in [2.24, 2.45) is 0 Å². The molecule has 6 heteroatoms. The summed E-state index contributed by atoms with van der Waals surface area (Å²) in [4.78, 5) is 23.7. The van der Waals surface area contributed by atoms with E-state index in [0.717, 1.165) is 25.9 Å². The van der Waals surface area contributed by atoms with Gasteiger partial charge in [-0.3, -0.25) is 14.9 Å². The topological polar surface area (TPSA) is 63.4 Å². The summed E-state index contributed by atoms with van der Waals surface area (Å²) in [6, 6.07) is 4.08. The van der Waals surface area contributed by atoms with E-state index in [9.17, 15) is 14.9 Å². The molecule has 0 N–H and O–H groups in total. The van der Waals surface area contributed by atoms with Crippen molar-refractivity contribution in [2.45, 2.75) is 12.8 Å². The molecule has 2 rings (SSSR count). The molecule has 0 radical (unpaired) electrons. The van der Waals surface area contributed by atoms with Gasteiger partial charge in [0.15, 0.2) is 0 Å². The highest BCUT2D eigenvalue weighted by Crippen LogP contribution is 2.26. The van der Waals surface area contributed by atoms with E-state index in [1.807, 2.05) is 0 Å². The maximum absolute atomic E-state index is 12.0. The fraction of sp³-hybridized carbons (Fsp3) is 0.364. The number of likely N-dealkylation sites (tertiary alicyclic amines) is 1. The van der Waals surface area contributed by atoms with Crippen LogP contribution in [0.1, 0.15) is 23.2 Å². The maximum Gasteiger partial charge on any atom is 0.287 e. The lowest BCUT2D eigenvalue weighted by molar-refractivity contribution is -0.384. The number of nitro groups is 1. The van der Waals surface area contributed by atoms with E-state index >= 15 is 0 Å². The van der Waals surface area contributed by atoms with Gasteiger partial charge in [-0.2, -0.15) is 0 Å². The summed E-state index contributed by atoms with van der Waals surface area (Å²) in [5.74, 6) is -0.112. The lowest BCUT2D eigenvalue weighted by Crippen LogP contribution is -2.27. The number of nitrogens with zero attached hydrogens (tertiary/aromatic N) is 2. The van der Waals surface area contributed by atoms with E-state index in [1.165, 1.54) is 18.2 Å². The van der Waals surface area contributed by atoms with Crippen LogP contribution in [0.3, 0.4) is 0 Å². The third kappa shape index (κ3) is 2.39. The number of carbonyl (C=O) groups excluding carboxylic acids is 1. The number of amides is 1. The summed E-state index contributed by atoms with van der Waals surface area (Å²) in [6.07, 6.45) is 2.01. The van der Waals surface area contributed by atoms with Crippen molar-refractivity contribution in [2.75, 3.05) is 13.1 Å². The van der Waals surface area contributed by atoms with E-state index in [-0.39, 0.29) is 16.6 Å². The van der Waals surface area contributed by atoms with Crippen LogP contribution in [0.15, 0.2) is 18.2 Å². The van der Waals surface area contributed by atoms with Crippen molar-refractivity contribution >= 4 is 23.2 Å². The number of hydrogen-bond acceptors (Lipinski definition) is 3. The molecule has 5 nitrogen and oxygen atoms in total. The summed E-state index contributed by atoms with van der Waals surface area (Å²) in [6.45, 7) is 1.49. The molecule has 1 aliphatic heterocycles. The maximum atomic E-state index is 12.0. The van der Waals surface area contributed by atoms with Gasteiger partial charge in [0.05, 0.1) is 4.92 Å². The van der Waals surface area contributed by atoms with Crippen LogP contribution in [0.4, 0.5) is 5.69 Å². The van der Waals surface area contributed by atoms with E-state index < -0.39 is 4.92 Å². The zero-order chi connectivity index (χ0) is 12.4. The zero-order valence-corrected chi connectivity index (χ0v) is 9.81. The zero-order valence-electron chi connectivity index (χ0n) is 9.06. The van der Waals surface area contributed by atoms with Gasteiger partial charge in [0.2, 0.25) is 0 Å². The molecule has 0 bridgehead atoms. The molecule has 0 spiro atoms. The molecule has 1 aliphatic rings. The van der Waals surface area contributed by atoms with Gasteiger partial charge in [0, 0.05) is 24.7 Å². The first-order chi connectivity index (χ1) is 8.09. The van der Waals surface area contributed by atoms with Crippen LogP contribution < -0.4 is 0 Å². The quantitative estimate of drug-likeness (QED) is 0.602. The first-order valence-electron chi connectivity index (χ1n) is 5.33. The highest BCUT2D eigenvalue weighted by atomic mass is 35.5. The Balaban J connectivity index is 2.25. The Labute approximate surface area is 103 Å². The second kappa shape index (κ2) is 4.71. The highest BCUT2D eigenvalue weighted by molar-refractivity contribution is 6.33. The number of hydrogen-bond donors (Lipinski definition) is 0. The molecular weight excluding hydrogens is 244 g/mol. The molecule has 1 aromatic carbocycles. The van der Waals surface area contributed by atoms with E-state index in [1.54, 1.807) is 4.90 Å². The third-order valence-corrected chi connectivity index (χ3v) is 3.09. The molecule has 90 valence electrons. The van der Waals surface area contributed by atoms with Crippen LogP contribution >= 0.6 is 11.6 Å². The van der Waals surface area contributed by atoms with Crippen LogP contribution in [0, 0.1) is 10.1 Å². The molecular formula is C11H11ClN2O3. The van der Waals surface area contributed by atoms with Crippen molar-refractivity contribution in [3.8, 4) is 0 Å². The first kappa shape index (κ1) is 11.9. The van der Waals surface area contributed by atoms with E-state index in [2.05, 4.69) is 0 Å². The largest absolute Gasteiger partial charge is 0.339 e. The fourth-order valence-corrected chi connectivity index (χ4v) is 2.14. The summed E-state index contributed by atoms with van der Waals surface area (Å²) < 4.78 is 0. The molecule has 1 saturated heterocycles. The van der Waals surface area contributed by atoms with Crippen molar-refractivity contribution in [3.05, 3.63) is 38.9 Å². The number of halogens is 1. The monoisotopic (exact) mass is 254 g/mol. The van der Waals surface area contributed by atoms with Crippen molar-refractivity contribution < 1.29 is 9.72 Å². The first-order valence-corrected chi connectivity index (χ1v) is 5.70. The fourth-order valence-electron chi connectivity index (χ4n) is 1.89. The molecule has 1 heterocycles. The molecule has 0 unspecified atom stereocenters. The van der Waals surface area contributed by atoms with Gasteiger partial charge < -0.3 is 4.90 Å². The number of carbonyl (C=O) groups is 1. The predicted molar refractivity (Wildman–Crippen MR) is 63.2 cm³/mol. The Morgan fingerprint density at radius 2 is 2.00 bits per heavy atom. The van der Waals surface area contributed by atoms with Crippen molar-refractivity contribution in [1.29, 1.82) is 0 Å². The predicted octanol–water partition coefficient (Wildman–Crippen LogP) is 2.48. The van der Waals surface area contributed by atoms with Crippen LogP contribution in [-0.2, 0) is 0 Å². The molecule has 0 aromatic heterocycles. The van der Waals surface area contributed by atoms with Crippen LogP contribution in [0.2, 0.25) is 5.02 Å². The summed E-state index contributed by atoms with van der Waals surface area (Å²) >= 11 is 5.76. The third-order valence-electron chi connectivity index (χ3n) is 2.78. The van der Waals surface area contributed by atoms with Crippen LogP contribution in [0.25, 0.3) is 0 Å². The van der Waals surface area contributed by atoms with Gasteiger partial charge in [0.25, 0.3) is 11.6 Å². The highest BCUT2D eigenvalue weighted by Gasteiger charge is 2.21. The lowest BCUT2D eigenvalue weighted by Gasteiger charge is -2.15. The Bertz CT molecular complexity index is 470. The Morgan fingerprint density at radius 3 is 2.53 bits per heavy atom. The summed E-state index contributed by atoms with van der Waals surface area (Å²) in [5.41, 5.74) is 0.229. The number of benzene rings is 1. The van der Waals surface area contributed by atoms with Gasteiger partial charge in [-0.05, 0) is 25.0 Å². The number of rotatable bonds is 2. The van der Waals surface area contributed by atoms with Crippen molar-refractivity contribution in [3.63, 3.8) is 0 Å². The Morgan fingerprint density at radius 1 is 1.35 bits per heavy atom. The van der Waals surface area contributed by atoms with Gasteiger partial charge in [-0.1, -0.05) is 11.6 Å². The number of nitro benzene ring substituents is 1. The van der Waals surface area contributed by atoms with Crippen molar-refractivity contribution in [1.82, 2.24) is 4.90 Å². The molecule has 0 aliphatic carbocycles. The average molecular weight is 255 g/mol.